The third kappa shape index (κ3) is 3.19. The van der Waals surface area contributed by atoms with E-state index in [-0.39, 0.29) is 12.0 Å². The van der Waals surface area contributed by atoms with Gasteiger partial charge in [-0.15, -0.1) is 0 Å². The van der Waals surface area contributed by atoms with Crippen molar-refractivity contribution >= 4 is 5.91 Å². The minimum absolute atomic E-state index is 0.196. The molecule has 2 heterocycles. The molecule has 4 heteroatoms. The van der Waals surface area contributed by atoms with Crippen LogP contribution in [0.25, 0.3) is 0 Å². The van der Waals surface area contributed by atoms with Crippen molar-refractivity contribution in [2.24, 2.45) is 5.92 Å². The Bertz CT molecular complexity index is 238. The molecule has 4 nitrogen and oxygen atoms in total. The maximum Gasteiger partial charge on any atom is 0.222 e. The number of ether oxygens (including phenoxy) is 1. The Balaban J connectivity index is 1.67. The summed E-state index contributed by atoms with van der Waals surface area (Å²) in [6, 6.07) is 0. The molecular formula is C12H21NO3. The van der Waals surface area contributed by atoms with Gasteiger partial charge in [-0.3, -0.25) is 4.79 Å². The molecule has 1 N–H and O–H groups in total. The van der Waals surface area contributed by atoms with Crippen molar-refractivity contribution in [1.29, 1.82) is 0 Å². The summed E-state index contributed by atoms with van der Waals surface area (Å²) >= 11 is 0. The molecule has 2 fully saturated rings. The van der Waals surface area contributed by atoms with Crippen LogP contribution in [-0.4, -0.2) is 48.3 Å². The Kier molecular flexibility index (Phi) is 4.18. The van der Waals surface area contributed by atoms with Crippen LogP contribution in [0.1, 0.15) is 32.1 Å². The summed E-state index contributed by atoms with van der Waals surface area (Å²) in [4.78, 5) is 13.6. The van der Waals surface area contributed by atoms with Gasteiger partial charge in [-0.25, -0.2) is 0 Å². The van der Waals surface area contributed by atoms with Crippen molar-refractivity contribution in [3.63, 3.8) is 0 Å². The number of carbonyl (C=O) groups is 1. The first kappa shape index (κ1) is 11.9. The first-order chi connectivity index (χ1) is 7.75. The van der Waals surface area contributed by atoms with Gasteiger partial charge in [0.15, 0.2) is 0 Å². The van der Waals surface area contributed by atoms with Gasteiger partial charge in [0, 0.05) is 32.7 Å². The molecule has 0 radical (unpaired) electrons. The normalized spacial score (nSPS) is 30.7. The lowest BCUT2D eigenvalue weighted by Gasteiger charge is -2.23. The molecule has 2 aliphatic heterocycles. The standard InChI is InChI=1S/C12H21NO3/c14-11-5-6-13(8-11)12(15)4-3-10-2-1-7-16-9-10/h10-11,14H,1-9H2/t10?,11-/m1/s1. The summed E-state index contributed by atoms with van der Waals surface area (Å²) in [6.07, 6.45) is 4.30. The average Bonchev–Trinajstić information content (AvgIpc) is 2.74. The van der Waals surface area contributed by atoms with Gasteiger partial charge in [0.2, 0.25) is 5.91 Å². The molecule has 0 spiro atoms. The number of rotatable bonds is 3. The second-order valence-corrected chi connectivity index (χ2v) is 4.90. The Labute approximate surface area is 96.6 Å². The number of amides is 1. The van der Waals surface area contributed by atoms with E-state index in [0.29, 0.717) is 18.9 Å². The largest absolute Gasteiger partial charge is 0.391 e. The van der Waals surface area contributed by atoms with Crippen molar-refractivity contribution in [2.75, 3.05) is 26.3 Å². The molecule has 2 atom stereocenters. The fourth-order valence-corrected chi connectivity index (χ4v) is 2.49. The lowest BCUT2D eigenvalue weighted by Crippen LogP contribution is -2.30. The third-order valence-corrected chi connectivity index (χ3v) is 3.54. The predicted molar refractivity (Wildman–Crippen MR) is 60.0 cm³/mol. The molecule has 0 aromatic carbocycles. The second kappa shape index (κ2) is 5.64. The fourth-order valence-electron chi connectivity index (χ4n) is 2.49. The number of likely N-dealkylation sites (tertiary alicyclic amines) is 1. The molecule has 0 aliphatic carbocycles. The highest BCUT2D eigenvalue weighted by atomic mass is 16.5. The molecule has 2 rings (SSSR count). The Morgan fingerprint density at radius 2 is 2.31 bits per heavy atom. The van der Waals surface area contributed by atoms with E-state index in [4.69, 9.17) is 4.74 Å². The summed E-state index contributed by atoms with van der Waals surface area (Å²) in [5.74, 6) is 0.757. The van der Waals surface area contributed by atoms with Crippen LogP contribution in [0.3, 0.4) is 0 Å². The van der Waals surface area contributed by atoms with Crippen LogP contribution in [0.4, 0.5) is 0 Å². The highest BCUT2D eigenvalue weighted by Crippen LogP contribution is 2.20. The van der Waals surface area contributed by atoms with E-state index < -0.39 is 0 Å². The van der Waals surface area contributed by atoms with Gasteiger partial charge in [-0.2, -0.15) is 0 Å². The van der Waals surface area contributed by atoms with Crippen LogP contribution >= 0.6 is 0 Å². The lowest BCUT2D eigenvalue weighted by molar-refractivity contribution is -0.131. The number of carbonyl (C=O) groups excluding carboxylic acids is 1. The molecule has 1 unspecified atom stereocenters. The first-order valence-electron chi connectivity index (χ1n) is 6.29. The van der Waals surface area contributed by atoms with Crippen molar-refractivity contribution in [1.82, 2.24) is 4.90 Å². The van der Waals surface area contributed by atoms with E-state index in [0.717, 1.165) is 39.0 Å². The molecule has 0 bridgehead atoms. The smallest absolute Gasteiger partial charge is 0.222 e. The quantitative estimate of drug-likeness (QED) is 0.775. The van der Waals surface area contributed by atoms with E-state index in [1.807, 2.05) is 0 Å². The van der Waals surface area contributed by atoms with Gasteiger partial charge >= 0.3 is 0 Å². The highest BCUT2D eigenvalue weighted by Gasteiger charge is 2.25. The van der Waals surface area contributed by atoms with Gasteiger partial charge in [-0.05, 0) is 31.6 Å². The molecule has 1 amide bonds. The summed E-state index contributed by atoms with van der Waals surface area (Å²) < 4.78 is 5.39. The van der Waals surface area contributed by atoms with Crippen LogP contribution in [0.15, 0.2) is 0 Å². The number of hydrogen-bond donors (Lipinski definition) is 1. The molecular weight excluding hydrogens is 206 g/mol. The number of aliphatic hydroxyl groups is 1. The Hall–Kier alpha value is -0.610. The SMILES string of the molecule is O=C(CCC1CCCOC1)N1CC[C@@H](O)C1. The van der Waals surface area contributed by atoms with Crippen molar-refractivity contribution in [3.8, 4) is 0 Å². The minimum Gasteiger partial charge on any atom is -0.391 e. The van der Waals surface area contributed by atoms with Gasteiger partial charge in [-0.1, -0.05) is 0 Å². The minimum atomic E-state index is -0.304. The van der Waals surface area contributed by atoms with Gasteiger partial charge in [0.25, 0.3) is 0 Å². The van der Waals surface area contributed by atoms with E-state index in [1.165, 1.54) is 6.42 Å². The number of hydrogen-bond acceptors (Lipinski definition) is 3. The molecule has 16 heavy (non-hydrogen) atoms. The summed E-state index contributed by atoms with van der Waals surface area (Å²) in [5.41, 5.74) is 0. The van der Waals surface area contributed by atoms with E-state index in [1.54, 1.807) is 4.90 Å². The third-order valence-electron chi connectivity index (χ3n) is 3.54. The number of aliphatic hydroxyl groups excluding tert-OH is 1. The fraction of sp³-hybridized carbons (Fsp3) is 0.917. The monoisotopic (exact) mass is 227 g/mol. The van der Waals surface area contributed by atoms with Crippen LogP contribution in [0.2, 0.25) is 0 Å². The predicted octanol–water partition coefficient (Wildman–Crippen LogP) is 0.786. The molecule has 92 valence electrons. The van der Waals surface area contributed by atoms with Crippen LogP contribution in [-0.2, 0) is 9.53 Å². The number of β-amino-alcohol motifs (C(OH)–C–C–N with tert-alkyl or cyclic N) is 1. The zero-order valence-electron chi connectivity index (χ0n) is 9.73. The van der Waals surface area contributed by atoms with Crippen LogP contribution < -0.4 is 0 Å². The molecule has 2 aliphatic rings. The Morgan fingerprint density at radius 3 is 2.94 bits per heavy atom. The average molecular weight is 227 g/mol. The summed E-state index contributed by atoms with van der Waals surface area (Å²) in [5, 5.41) is 9.35. The first-order valence-corrected chi connectivity index (χ1v) is 6.29. The summed E-state index contributed by atoms with van der Waals surface area (Å²) in [6.45, 7) is 2.94. The number of nitrogens with zero attached hydrogens (tertiary/aromatic N) is 1. The maximum atomic E-state index is 11.8. The van der Waals surface area contributed by atoms with Crippen molar-refractivity contribution < 1.29 is 14.6 Å². The Morgan fingerprint density at radius 1 is 1.44 bits per heavy atom. The van der Waals surface area contributed by atoms with E-state index >= 15 is 0 Å². The topological polar surface area (TPSA) is 49.8 Å². The summed E-state index contributed by atoms with van der Waals surface area (Å²) in [7, 11) is 0. The maximum absolute atomic E-state index is 11.8. The lowest BCUT2D eigenvalue weighted by atomic mass is 9.97. The van der Waals surface area contributed by atoms with Crippen LogP contribution in [0, 0.1) is 5.92 Å². The van der Waals surface area contributed by atoms with E-state index in [9.17, 15) is 9.90 Å². The molecule has 0 aromatic heterocycles. The van der Waals surface area contributed by atoms with Gasteiger partial charge < -0.3 is 14.7 Å². The van der Waals surface area contributed by atoms with E-state index in [2.05, 4.69) is 0 Å². The van der Waals surface area contributed by atoms with Crippen molar-refractivity contribution in [3.05, 3.63) is 0 Å². The molecule has 2 saturated heterocycles. The zero-order valence-corrected chi connectivity index (χ0v) is 9.73. The second-order valence-electron chi connectivity index (χ2n) is 4.90. The molecule has 0 aromatic rings. The van der Waals surface area contributed by atoms with Crippen LogP contribution in [0.5, 0.6) is 0 Å². The zero-order chi connectivity index (χ0) is 11.4. The van der Waals surface area contributed by atoms with Gasteiger partial charge in [0.05, 0.1) is 6.10 Å². The van der Waals surface area contributed by atoms with Gasteiger partial charge in [0.1, 0.15) is 0 Å². The van der Waals surface area contributed by atoms with Crippen molar-refractivity contribution in [2.45, 2.75) is 38.2 Å². The molecule has 0 saturated carbocycles. The highest BCUT2D eigenvalue weighted by molar-refractivity contribution is 5.76.